The van der Waals surface area contributed by atoms with Crippen molar-refractivity contribution in [3.63, 3.8) is 0 Å². The van der Waals surface area contributed by atoms with E-state index in [1.165, 1.54) is 12.2 Å². The van der Waals surface area contributed by atoms with Crippen molar-refractivity contribution in [2.45, 2.75) is 12.8 Å². The van der Waals surface area contributed by atoms with Gasteiger partial charge in [-0.15, -0.1) is 0 Å². The Labute approximate surface area is 84.4 Å². The van der Waals surface area contributed by atoms with Gasteiger partial charge in [0, 0.05) is 12.2 Å². The molecule has 7 heteroatoms. The number of hydrogen-bond donors (Lipinski definition) is 3. The molecule has 0 atom stereocenters. The van der Waals surface area contributed by atoms with Gasteiger partial charge in [-0.2, -0.15) is 0 Å². The van der Waals surface area contributed by atoms with Gasteiger partial charge in [0.05, 0.1) is 12.8 Å². The van der Waals surface area contributed by atoms with E-state index in [2.05, 4.69) is 0 Å². The zero-order valence-electron chi connectivity index (χ0n) is 7.60. The van der Waals surface area contributed by atoms with Crippen molar-refractivity contribution in [2.75, 3.05) is 0 Å². The van der Waals surface area contributed by atoms with Gasteiger partial charge in [0.2, 0.25) is 0 Å². The number of aliphatic carboxylic acids is 2. The maximum Gasteiger partial charge on any atom is 0.303 e. The minimum atomic E-state index is -1.08. The average Bonchev–Trinajstić information content (AvgIpc) is 2.47. The predicted octanol–water partition coefficient (Wildman–Crippen LogP) is -0.865. The van der Waals surface area contributed by atoms with Gasteiger partial charge in [-0.25, -0.2) is 0 Å². The molecule has 3 N–H and O–H groups in total. The van der Waals surface area contributed by atoms with Gasteiger partial charge in [0.1, 0.15) is 0 Å². The highest BCUT2D eigenvalue weighted by molar-refractivity contribution is 6.12. The molecule has 0 aliphatic carbocycles. The van der Waals surface area contributed by atoms with Crippen LogP contribution in [0, 0.1) is 0 Å². The van der Waals surface area contributed by atoms with Gasteiger partial charge in [0.25, 0.3) is 11.8 Å². The number of nitrogens with one attached hydrogen (secondary N) is 1. The van der Waals surface area contributed by atoms with Gasteiger partial charge >= 0.3 is 11.9 Å². The molecule has 0 fully saturated rings. The highest BCUT2D eigenvalue weighted by Gasteiger charge is 2.06. The average molecular weight is 215 g/mol. The van der Waals surface area contributed by atoms with Crippen LogP contribution >= 0.6 is 0 Å². The second kappa shape index (κ2) is 6.30. The monoisotopic (exact) mass is 215 g/mol. The van der Waals surface area contributed by atoms with E-state index >= 15 is 0 Å². The van der Waals surface area contributed by atoms with Crippen molar-refractivity contribution in [3.8, 4) is 0 Å². The maximum absolute atomic E-state index is 10.0. The lowest BCUT2D eigenvalue weighted by Crippen LogP contribution is -2.19. The van der Waals surface area contributed by atoms with Gasteiger partial charge in [0.15, 0.2) is 0 Å². The fourth-order valence-electron chi connectivity index (χ4n) is 0.570. The first-order valence-corrected chi connectivity index (χ1v) is 3.88. The fourth-order valence-corrected chi connectivity index (χ4v) is 0.570. The number of carboxylic acid groups (broad SMARTS) is 2. The van der Waals surface area contributed by atoms with Crippen LogP contribution in [0.3, 0.4) is 0 Å². The number of carbonyl (C=O) groups excluding carboxylic acids is 2. The Kier molecular flexibility index (Phi) is 5.38. The molecule has 0 radical (unpaired) electrons. The summed E-state index contributed by atoms with van der Waals surface area (Å²) in [6, 6.07) is 0. The van der Waals surface area contributed by atoms with E-state index in [9.17, 15) is 19.2 Å². The third-order valence-corrected chi connectivity index (χ3v) is 1.19. The van der Waals surface area contributed by atoms with E-state index in [1.54, 1.807) is 0 Å². The first kappa shape index (κ1) is 12.8. The van der Waals surface area contributed by atoms with Gasteiger partial charge in [-0.05, 0) is 0 Å². The summed E-state index contributed by atoms with van der Waals surface area (Å²) >= 11 is 0. The third kappa shape index (κ3) is 8.16. The van der Waals surface area contributed by atoms with Crippen molar-refractivity contribution >= 4 is 23.8 Å². The Morgan fingerprint density at radius 2 is 1.33 bits per heavy atom. The molecular formula is C8H9NO6. The molecule has 82 valence electrons. The molecule has 0 aromatic carbocycles. The number of amides is 2. The molecule has 0 bridgehead atoms. The summed E-state index contributed by atoms with van der Waals surface area (Å²) in [5, 5.41) is 17.8. The van der Waals surface area contributed by atoms with E-state index < -0.39 is 11.9 Å². The van der Waals surface area contributed by atoms with Crippen molar-refractivity contribution in [1.82, 2.24) is 5.32 Å². The minimum absolute atomic E-state index is 0.296. The number of carboxylic acids is 2. The Balaban J connectivity index is 0.000000262. The smallest absolute Gasteiger partial charge is 0.303 e. The second-order valence-electron chi connectivity index (χ2n) is 2.47. The van der Waals surface area contributed by atoms with Crippen LogP contribution in [0.15, 0.2) is 12.2 Å². The van der Waals surface area contributed by atoms with E-state index in [0.717, 1.165) is 0 Å². The van der Waals surface area contributed by atoms with Crippen molar-refractivity contribution in [3.05, 3.63) is 12.2 Å². The molecule has 0 unspecified atom stereocenters. The zero-order valence-corrected chi connectivity index (χ0v) is 7.60. The van der Waals surface area contributed by atoms with E-state index in [4.69, 9.17) is 10.2 Å². The van der Waals surface area contributed by atoms with Crippen LogP contribution in [0.2, 0.25) is 0 Å². The molecule has 15 heavy (non-hydrogen) atoms. The normalized spacial score (nSPS) is 12.8. The second-order valence-corrected chi connectivity index (χ2v) is 2.47. The summed E-state index contributed by atoms with van der Waals surface area (Å²) in [7, 11) is 0. The van der Waals surface area contributed by atoms with Crippen molar-refractivity contribution in [1.29, 1.82) is 0 Å². The number of imide groups is 1. The molecule has 1 rings (SSSR count). The van der Waals surface area contributed by atoms with Gasteiger partial charge in [-0.3, -0.25) is 24.5 Å². The standard InChI is InChI=1S/C4H3NO2.C4H6O4/c6-3-1-2-4(7)5-3;5-3(6)1-2-4(7)8/h1-2H,(H,5,6,7);1-2H2,(H,5,6)(H,7,8). The van der Waals surface area contributed by atoms with Crippen LogP contribution in [0.4, 0.5) is 0 Å². The summed E-state index contributed by atoms with van der Waals surface area (Å²) in [5.41, 5.74) is 0. The van der Waals surface area contributed by atoms with E-state index in [1.807, 2.05) is 5.32 Å². The zero-order chi connectivity index (χ0) is 11.8. The Bertz CT molecular complexity index is 289. The number of rotatable bonds is 3. The molecule has 0 saturated heterocycles. The largest absolute Gasteiger partial charge is 0.481 e. The van der Waals surface area contributed by atoms with Gasteiger partial charge in [-0.1, -0.05) is 0 Å². The van der Waals surface area contributed by atoms with E-state index in [0.29, 0.717) is 0 Å². The SMILES string of the molecule is O=C(O)CCC(=O)O.O=C1C=CC(=O)N1. The Morgan fingerprint density at radius 1 is 1.00 bits per heavy atom. The Morgan fingerprint density at radius 3 is 1.47 bits per heavy atom. The lowest BCUT2D eigenvalue weighted by atomic mass is 10.3. The number of hydrogen-bond acceptors (Lipinski definition) is 4. The van der Waals surface area contributed by atoms with Crippen LogP contribution in [0.25, 0.3) is 0 Å². The Hall–Kier alpha value is -2.18. The molecule has 1 heterocycles. The minimum Gasteiger partial charge on any atom is -0.481 e. The van der Waals surface area contributed by atoms with Crippen LogP contribution < -0.4 is 5.32 Å². The highest BCUT2D eigenvalue weighted by atomic mass is 16.4. The molecule has 1 aliphatic rings. The maximum atomic E-state index is 10.0. The lowest BCUT2D eigenvalue weighted by molar-refractivity contribution is -0.143. The fraction of sp³-hybridized carbons (Fsp3) is 0.250. The summed E-state index contributed by atoms with van der Waals surface area (Å²) in [4.78, 5) is 39.4. The molecule has 1 aliphatic heterocycles. The summed E-state index contributed by atoms with van der Waals surface area (Å²) in [6.07, 6.45) is 1.80. The van der Waals surface area contributed by atoms with Crippen LogP contribution in [-0.4, -0.2) is 34.0 Å². The quantitative estimate of drug-likeness (QED) is 0.526. The summed E-state index contributed by atoms with van der Waals surface area (Å²) in [6.45, 7) is 0. The first-order valence-electron chi connectivity index (χ1n) is 3.88. The van der Waals surface area contributed by atoms with Crippen molar-refractivity contribution < 1.29 is 29.4 Å². The first-order chi connectivity index (χ1) is 6.91. The molecule has 0 saturated carbocycles. The third-order valence-electron chi connectivity index (χ3n) is 1.19. The molecule has 2 amide bonds. The van der Waals surface area contributed by atoms with E-state index in [-0.39, 0.29) is 24.7 Å². The topological polar surface area (TPSA) is 121 Å². The lowest BCUT2D eigenvalue weighted by Gasteiger charge is -1.85. The summed E-state index contributed by atoms with van der Waals surface area (Å²) in [5.74, 6) is -2.81. The van der Waals surface area contributed by atoms with Crippen LogP contribution in [-0.2, 0) is 19.2 Å². The van der Waals surface area contributed by atoms with Crippen molar-refractivity contribution in [2.24, 2.45) is 0 Å². The predicted molar refractivity (Wildman–Crippen MR) is 46.8 cm³/mol. The molecular weight excluding hydrogens is 206 g/mol. The highest BCUT2D eigenvalue weighted by Crippen LogP contribution is 1.86. The van der Waals surface area contributed by atoms with Crippen LogP contribution in [0.5, 0.6) is 0 Å². The van der Waals surface area contributed by atoms with Gasteiger partial charge < -0.3 is 10.2 Å². The summed E-state index contributed by atoms with van der Waals surface area (Å²) < 4.78 is 0. The molecule has 0 spiro atoms. The molecule has 0 aromatic rings. The number of carbonyl (C=O) groups is 4. The van der Waals surface area contributed by atoms with Crippen LogP contribution in [0.1, 0.15) is 12.8 Å². The molecule has 0 aromatic heterocycles. The molecule has 7 nitrogen and oxygen atoms in total.